The van der Waals surface area contributed by atoms with E-state index in [-0.39, 0.29) is 4.75 Å². The molecule has 0 N–H and O–H groups in total. The Bertz CT molecular complexity index is 396. The van der Waals surface area contributed by atoms with E-state index in [4.69, 9.17) is 0 Å². The lowest BCUT2D eigenvalue weighted by Crippen LogP contribution is -2.37. The number of rotatable bonds is 2. The maximum atomic E-state index is 12.5. The van der Waals surface area contributed by atoms with Gasteiger partial charge in [-0.25, -0.2) is 8.51 Å². The van der Waals surface area contributed by atoms with Gasteiger partial charge in [-0.05, 0) is 39.2 Å². The van der Waals surface area contributed by atoms with E-state index in [9.17, 15) is 4.21 Å². The van der Waals surface area contributed by atoms with Crippen molar-refractivity contribution in [3.63, 3.8) is 0 Å². The summed E-state index contributed by atoms with van der Waals surface area (Å²) in [6.07, 6.45) is 2.26. The Labute approximate surface area is 107 Å². The van der Waals surface area contributed by atoms with E-state index in [0.717, 1.165) is 19.4 Å². The first-order valence-electron chi connectivity index (χ1n) is 6.24. The normalized spacial score (nSPS) is 23.8. The summed E-state index contributed by atoms with van der Waals surface area (Å²) in [5, 5.41) is 0. The van der Waals surface area contributed by atoms with E-state index in [1.807, 2.05) is 26.8 Å². The van der Waals surface area contributed by atoms with Crippen molar-refractivity contribution in [2.24, 2.45) is 0 Å². The highest BCUT2D eigenvalue weighted by molar-refractivity contribution is 7.84. The lowest BCUT2D eigenvalue weighted by molar-refractivity contribution is 0.416. The molecule has 1 fully saturated rings. The zero-order valence-corrected chi connectivity index (χ0v) is 11.7. The monoisotopic (exact) mass is 251 g/mol. The zero-order chi connectivity index (χ0) is 12.5. The van der Waals surface area contributed by atoms with Crippen molar-refractivity contribution in [2.45, 2.75) is 44.4 Å². The molecule has 2 nitrogen and oxygen atoms in total. The lowest BCUT2D eigenvalue weighted by atomic mass is 10.1. The van der Waals surface area contributed by atoms with Gasteiger partial charge in [0.15, 0.2) is 0 Å². The van der Waals surface area contributed by atoms with Gasteiger partial charge < -0.3 is 0 Å². The molecule has 17 heavy (non-hydrogen) atoms. The maximum absolute atomic E-state index is 12.5. The van der Waals surface area contributed by atoms with Gasteiger partial charge in [0, 0.05) is 12.6 Å². The lowest BCUT2D eigenvalue weighted by Gasteiger charge is -2.30. The smallest absolute Gasteiger partial charge is 0.100 e. The quantitative estimate of drug-likeness (QED) is 0.790. The van der Waals surface area contributed by atoms with Crippen molar-refractivity contribution in [2.75, 3.05) is 6.54 Å². The fourth-order valence-corrected chi connectivity index (χ4v) is 3.76. The summed E-state index contributed by atoms with van der Waals surface area (Å²) in [5.41, 5.74) is 1.29. The third-order valence-corrected chi connectivity index (χ3v) is 5.04. The van der Waals surface area contributed by atoms with Crippen LogP contribution in [0.3, 0.4) is 0 Å². The van der Waals surface area contributed by atoms with Gasteiger partial charge in [-0.2, -0.15) is 0 Å². The fraction of sp³-hybridized carbons (Fsp3) is 0.571. The molecule has 0 spiro atoms. The summed E-state index contributed by atoms with van der Waals surface area (Å²) in [6, 6.07) is 10.8. The van der Waals surface area contributed by atoms with Gasteiger partial charge in [0.2, 0.25) is 0 Å². The Morgan fingerprint density at radius 3 is 2.47 bits per heavy atom. The second kappa shape index (κ2) is 4.91. The first kappa shape index (κ1) is 12.8. The van der Waals surface area contributed by atoms with E-state index < -0.39 is 11.0 Å². The molecule has 0 aromatic heterocycles. The predicted molar refractivity (Wildman–Crippen MR) is 73.0 cm³/mol. The van der Waals surface area contributed by atoms with Gasteiger partial charge >= 0.3 is 0 Å². The van der Waals surface area contributed by atoms with Crippen LogP contribution in [0, 0.1) is 0 Å². The summed E-state index contributed by atoms with van der Waals surface area (Å²) >= 11 is 0. The third kappa shape index (κ3) is 2.78. The van der Waals surface area contributed by atoms with Crippen LogP contribution in [0.4, 0.5) is 0 Å². The average Bonchev–Trinajstić information content (AvgIpc) is 2.76. The molecule has 1 aromatic carbocycles. The molecule has 0 bridgehead atoms. The summed E-state index contributed by atoms with van der Waals surface area (Å²) in [5.74, 6) is 0. The first-order chi connectivity index (χ1) is 8.00. The highest BCUT2D eigenvalue weighted by Gasteiger charge is 2.35. The highest BCUT2D eigenvalue weighted by Crippen LogP contribution is 2.35. The maximum Gasteiger partial charge on any atom is 0.100 e. The molecule has 0 radical (unpaired) electrons. The van der Waals surface area contributed by atoms with Crippen LogP contribution >= 0.6 is 0 Å². The number of hydrogen-bond donors (Lipinski definition) is 0. The highest BCUT2D eigenvalue weighted by atomic mass is 32.2. The van der Waals surface area contributed by atoms with E-state index in [1.165, 1.54) is 5.56 Å². The molecular formula is C14H21NOS. The minimum atomic E-state index is -0.910. The van der Waals surface area contributed by atoms with Gasteiger partial charge in [0.05, 0.1) is 4.75 Å². The Kier molecular flexibility index (Phi) is 3.69. The molecule has 0 amide bonds. The molecule has 1 heterocycles. The topological polar surface area (TPSA) is 20.3 Å². The predicted octanol–water partition coefficient (Wildman–Crippen LogP) is 3.29. The molecule has 1 saturated heterocycles. The largest absolute Gasteiger partial charge is 0.242 e. The zero-order valence-electron chi connectivity index (χ0n) is 10.8. The van der Waals surface area contributed by atoms with E-state index in [1.54, 1.807) is 0 Å². The minimum absolute atomic E-state index is 0.169. The van der Waals surface area contributed by atoms with Crippen molar-refractivity contribution in [1.29, 1.82) is 0 Å². The van der Waals surface area contributed by atoms with Crippen LogP contribution in [0.5, 0.6) is 0 Å². The summed E-state index contributed by atoms with van der Waals surface area (Å²) in [6.45, 7) is 7.08. The van der Waals surface area contributed by atoms with Crippen molar-refractivity contribution in [1.82, 2.24) is 4.31 Å². The van der Waals surface area contributed by atoms with Crippen LogP contribution in [-0.4, -0.2) is 19.8 Å². The average molecular weight is 251 g/mol. The fourth-order valence-electron chi connectivity index (χ4n) is 2.30. The standard InChI is InChI=1S/C14H21NOS/c1-14(2,3)17(16)15-11-7-10-13(15)12-8-5-4-6-9-12/h4-6,8-9,13H,7,10-11H2,1-3H3/t13-,17-/m1/s1. The summed E-state index contributed by atoms with van der Waals surface area (Å²) < 4.78 is 14.5. The summed E-state index contributed by atoms with van der Waals surface area (Å²) in [7, 11) is -0.910. The Hall–Kier alpha value is -0.670. The van der Waals surface area contributed by atoms with Crippen molar-refractivity contribution >= 4 is 11.0 Å². The first-order valence-corrected chi connectivity index (χ1v) is 7.34. The van der Waals surface area contributed by atoms with E-state index in [0.29, 0.717) is 6.04 Å². The minimum Gasteiger partial charge on any atom is -0.242 e. The number of benzene rings is 1. The molecule has 1 aliphatic rings. The van der Waals surface area contributed by atoms with Crippen molar-refractivity contribution < 1.29 is 4.21 Å². The molecule has 3 heteroatoms. The van der Waals surface area contributed by atoms with Crippen LogP contribution in [0.1, 0.15) is 45.2 Å². The van der Waals surface area contributed by atoms with Crippen LogP contribution in [0.25, 0.3) is 0 Å². The molecular weight excluding hydrogens is 230 g/mol. The molecule has 2 atom stereocenters. The van der Waals surface area contributed by atoms with Crippen LogP contribution in [0.2, 0.25) is 0 Å². The van der Waals surface area contributed by atoms with Gasteiger partial charge in [-0.3, -0.25) is 0 Å². The molecule has 94 valence electrons. The van der Waals surface area contributed by atoms with Gasteiger partial charge in [-0.15, -0.1) is 0 Å². The van der Waals surface area contributed by atoms with E-state index >= 15 is 0 Å². The molecule has 0 unspecified atom stereocenters. The molecule has 1 aromatic rings. The summed E-state index contributed by atoms with van der Waals surface area (Å²) in [4.78, 5) is 0. The van der Waals surface area contributed by atoms with Gasteiger partial charge in [-0.1, -0.05) is 30.3 Å². The molecule has 1 aliphatic heterocycles. The van der Waals surface area contributed by atoms with Gasteiger partial charge in [0.1, 0.15) is 11.0 Å². The molecule has 0 saturated carbocycles. The van der Waals surface area contributed by atoms with E-state index in [2.05, 4.69) is 28.6 Å². The van der Waals surface area contributed by atoms with Gasteiger partial charge in [0.25, 0.3) is 0 Å². The number of hydrogen-bond acceptors (Lipinski definition) is 1. The third-order valence-electron chi connectivity index (χ3n) is 3.12. The Balaban J connectivity index is 2.22. The van der Waals surface area contributed by atoms with Crippen molar-refractivity contribution in [3.8, 4) is 0 Å². The Morgan fingerprint density at radius 1 is 1.24 bits per heavy atom. The number of nitrogens with zero attached hydrogens (tertiary/aromatic N) is 1. The molecule has 0 aliphatic carbocycles. The SMILES string of the molecule is CC(C)(C)[S@@](=O)N1CCC[C@@H]1c1ccccc1. The van der Waals surface area contributed by atoms with Crippen LogP contribution < -0.4 is 0 Å². The van der Waals surface area contributed by atoms with Crippen LogP contribution in [-0.2, 0) is 11.0 Å². The second-order valence-corrected chi connectivity index (χ2v) is 7.76. The van der Waals surface area contributed by atoms with Crippen LogP contribution in [0.15, 0.2) is 30.3 Å². The molecule has 2 rings (SSSR count). The van der Waals surface area contributed by atoms with Crippen molar-refractivity contribution in [3.05, 3.63) is 35.9 Å². The Morgan fingerprint density at radius 2 is 1.88 bits per heavy atom. The second-order valence-electron chi connectivity index (χ2n) is 5.57.